The second-order valence-corrected chi connectivity index (χ2v) is 11.2. The molecule has 0 rings (SSSR count). The maximum atomic E-state index is 10.5. The van der Waals surface area contributed by atoms with Crippen LogP contribution < -0.4 is 0 Å². The number of rotatable bonds is 4. The normalized spacial score (nSPS) is 11.1. The molecule has 0 aromatic heterocycles. The molecule has 0 aromatic carbocycles. The van der Waals surface area contributed by atoms with Crippen LogP contribution in [0.25, 0.3) is 0 Å². The van der Waals surface area contributed by atoms with Gasteiger partial charge in [-0.1, -0.05) is 0 Å². The summed E-state index contributed by atoms with van der Waals surface area (Å²) in [6.45, 7) is 9.84. The molecular weight excluding hydrogens is 272 g/mol. The van der Waals surface area contributed by atoms with E-state index in [-0.39, 0.29) is 0 Å². The van der Waals surface area contributed by atoms with Crippen molar-refractivity contribution in [3.63, 3.8) is 0 Å². The molecular formula is C10H24O6Si2. The maximum absolute atomic E-state index is 10.5. The summed E-state index contributed by atoms with van der Waals surface area (Å²) in [5.41, 5.74) is 0. The van der Waals surface area contributed by atoms with Gasteiger partial charge in [-0.25, -0.2) is 0 Å². The van der Waals surface area contributed by atoms with Crippen LogP contribution in [-0.4, -0.2) is 43.3 Å². The van der Waals surface area contributed by atoms with Crippen LogP contribution in [0.3, 0.4) is 0 Å². The van der Waals surface area contributed by atoms with E-state index in [4.69, 9.17) is 17.7 Å². The van der Waals surface area contributed by atoms with Crippen molar-refractivity contribution in [2.45, 2.75) is 40.0 Å². The summed E-state index contributed by atoms with van der Waals surface area (Å²) in [5.74, 6) is -0.828. The minimum atomic E-state index is -2.53. The number of hydrogen-bond acceptors (Lipinski definition) is 6. The summed E-state index contributed by atoms with van der Waals surface area (Å²) in [6.07, 6.45) is 0. The number of carbonyl (C=O) groups excluding carboxylic acids is 2. The molecule has 0 saturated heterocycles. The summed E-state index contributed by atoms with van der Waals surface area (Å²) < 4.78 is 19.6. The Kier molecular flexibility index (Phi) is 9.17. The molecule has 8 heteroatoms. The van der Waals surface area contributed by atoms with Crippen LogP contribution in [0.4, 0.5) is 0 Å². The maximum Gasteiger partial charge on any atom is 0.457 e. The summed E-state index contributed by atoms with van der Waals surface area (Å²) >= 11 is 0. The third kappa shape index (κ3) is 13.4. The number of carbonyl (C=O) groups is 2. The second-order valence-electron chi connectivity index (χ2n) is 4.40. The minimum Gasteiger partial charge on any atom is -0.485 e. The molecule has 0 bridgehead atoms. The highest BCUT2D eigenvalue weighted by Gasteiger charge is 2.30. The summed E-state index contributed by atoms with van der Waals surface area (Å²) in [6, 6.07) is 0. The van der Waals surface area contributed by atoms with Gasteiger partial charge < -0.3 is 17.7 Å². The predicted octanol–water partition coefficient (Wildman–Crippen LogP) is 1.80. The van der Waals surface area contributed by atoms with E-state index in [1.54, 1.807) is 27.3 Å². The van der Waals surface area contributed by atoms with E-state index in [0.717, 1.165) is 0 Å². The average Bonchev–Trinajstić information content (AvgIpc) is 2.14. The Balaban J connectivity index is 0. The SMILES string of the molecule is CC(=O)O[Si](C)(C)OC(C)=O.CO[Si](C)(C)OC. The van der Waals surface area contributed by atoms with Crippen LogP contribution in [0.15, 0.2) is 0 Å². The molecule has 0 unspecified atom stereocenters. The largest absolute Gasteiger partial charge is 0.485 e. The molecule has 0 spiro atoms. The lowest BCUT2D eigenvalue weighted by Gasteiger charge is -2.19. The Bertz CT molecular complexity index is 254. The highest BCUT2D eigenvalue weighted by Crippen LogP contribution is 2.06. The van der Waals surface area contributed by atoms with Gasteiger partial charge in [0.05, 0.1) is 0 Å². The Labute approximate surface area is 111 Å². The first-order valence-corrected chi connectivity index (χ1v) is 11.1. The molecule has 0 aromatic rings. The van der Waals surface area contributed by atoms with Gasteiger partial charge in [-0.3, -0.25) is 9.59 Å². The standard InChI is InChI=1S/C6H12O4Si.C4H12O2Si/c1-5(7)9-11(3,4)10-6(2)8;1-5-7(3,4)6-2/h1-4H3;1-4H3. The molecule has 0 saturated carbocycles. The third-order valence-corrected chi connectivity index (χ3v) is 5.29. The average molecular weight is 296 g/mol. The first kappa shape index (κ1) is 19.6. The fraction of sp³-hybridized carbons (Fsp3) is 0.800. The highest BCUT2D eigenvalue weighted by atomic mass is 28.4. The van der Waals surface area contributed by atoms with Gasteiger partial charge in [-0.15, -0.1) is 0 Å². The number of hydrogen-bond donors (Lipinski definition) is 0. The monoisotopic (exact) mass is 296 g/mol. The third-order valence-electron chi connectivity index (χ3n) is 1.76. The van der Waals surface area contributed by atoms with Crippen molar-refractivity contribution in [2.24, 2.45) is 0 Å². The Morgan fingerprint density at radius 3 is 1.11 bits per heavy atom. The minimum absolute atomic E-state index is 0.414. The van der Waals surface area contributed by atoms with Gasteiger partial charge in [0.1, 0.15) is 0 Å². The lowest BCUT2D eigenvalue weighted by molar-refractivity contribution is -0.138. The Hall–Kier alpha value is -0.706. The van der Waals surface area contributed by atoms with Gasteiger partial charge in [0, 0.05) is 41.2 Å². The highest BCUT2D eigenvalue weighted by molar-refractivity contribution is 6.67. The molecule has 0 aliphatic carbocycles. The lowest BCUT2D eigenvalue weighted by Crippen LogP contribution is -2.38. The fourth-order valence-electron chi connectivity index (χ4n) is 0.796. The van der Waals surface area contributed by atoms with Crippen LogP contribution >= 0.6 is 0 Å². The van der Waals surface area contributed by atoms with E-state index >= 15 is 0 Å². The van der Waals surface area contributed by atoms with Gasteiger partial charge in [0.2, 0.25) is 0 Å². The zero-order valence-electron chi connectivity index (χ0n) is 12.4. The quantitative estimate of drug-likeness (QED) is 0.737. The predicted molar refractivity (Wildman–Crippen MR) is 72.5 cm³/mol. The molecule has 0 N–H and O–H groups in total. The summed E-state index contributed by atoms with van der Waals surface area (Å²) in [7, 11) is -0.827. The topological polar surface area (TPSA) is 71.1 Å². The van der Waals surface area contributed by atoms with Crippen LogP contribution in [0, 0.1) is 0 Å². The summed E-state index contributed by atoms with van der Waals surface area (Å²) in [4.78, 5) is 20.9. The van der Waals surface area contributed by atoms with E-state index in [1.165, 1.54) is 13.8 Å². The molecule has 0 radical (unpaired) electrons. The van der Waals surface area contributed by atoms with E-state index in [0.29, 0.717) is 0 Å². The smallest absolute Gasteiger partial charge is 0.457 e. The molecule has 0 aliphatic rings. The van der Waals surface area contributed by atoms with Gasteiger partial charge in [0.25, 0.3) is 11.9 Å². The van der Waals surface area contributed by atoms with Crippen LogP contribution in [0.2, 0.25) is 26.2 Å². The first-order valence-electron chi connectivity index (χ1n) is 5.45. The van der Waals surface area contributed by atoms with Gasteiger partial charge in [0.15, 0.2) is 0 Å². The molecule has 0 fully saturated rings. The van der Waals surface area contributed by atoms with Crippen LogP contribution in [-0.2, 0) is 27.3 Å². The van der Waals surface area contributed by atoms with E-state index in [2.05, 4.69) is 0 Å². The van der Waals surface area contributed by atoms with Crippen LogP contribution in [0.5, 0.6) is 0 Å². The van der Waals surface area contributed by atoms with E-state index in [1.807, 2.05) is 13.1 Å². The molecule has 108 valence electrons. The van der Waals surface area contributed by atoms with Gasteiger partial charge in [-0.05, 0) is 13.1 Å². The van der Waals surface area contributed by atoms with Crippen molar-refractivity contribution in [1.29, 1.82) is 0 Å². The Morgan fingerprint density at radius 1 is 0.722 bits per heavy atom. The molecule has 18 heavy (non-hydrogen) atoms. The van der Waals surface area contributed by atoms with E-state index < -0.39 is 29.1 Å². The Morgan fingerprint density at radius 2 is 1.00 bits per heavy atom. The van der Waals surface area contributed by atoms with E-state index in [9.17, 15) is 9.59 Å². The molecule has 0 atom stereocenters. The van der Waals surface area contributed by atoms with Crippen molar-refractivity contribution in [2.75, 3.05) is 14.2 Å². The molecule has 0 aliphatic heterocycles. The van der Waals surface area contributed by atoms with Crippen molar-refractivity contribution in [3.05, 3.63) is 0 Å². The van der Waals surface area contributed by atoms with Crippen LogP contribution in [0.1, 0.15) is 13.8 Å². The van der Waals surface area contributed by atoms with Gasteiger partial charge in [-0.2, -0.15) is 0 Å². The summed E-state index contributed by atoms with van der Waals surface area (Å²) in [5, 5.41) is 0. The van der Waals surface area contributed by atoms with Crippen molar-refractivity contribution < 1.29 is 27.3 Å². The second kappa shape index (κ2) is 8.41. The lowest BCUT2D eigenvalue weighted by atomic mass is 10.9. The zero-order chi connectivity index (χ0) is 15.0. The molecule has 0 heterocycles. The zero-order valence-corrected chi connectivity index (χ0v) is 14.4. The van der Waals surface area contributed by atoms with Gasteiger partial charge >= 0.3 is 17.1 Å². The fourth-order valence-corrected chi connectivity index (χ4v) is 2.39. The first-order chi connectivity index (χ1) is 7.95. The molecule has 6 nitrogen and oxygen atoms in total. The molecule has 0 amide bonds. The van der Waals surface area contributed by atoms with Crippen molar-refractivity contribution >= 4 is 29.1 Å². The van der Waals surface area contributed by atoms with Crippen molar-refractivity contribution in [3.8, 4) is 0 Å². The van der Waals surface area contributed by atoms with Crippen molar-refractivity contribution in [1.82, 2.24) is 0 Å².